The van der Waals surface area contributed by atoms with Crippen LogP contribution in [-0.4, -0.2) is 22.9 Å². The van der Waals surface area contributed by atoms with Crippen LogP contribution in [-0.2, 0) is 4.74 Å². The highest BCUT2D eigenvalue weighted by Crippen LogP contribution is 2.51. The Kier molecular flexibility index (Phi) is 3.36. The van der Waals surface area contributed by atoms with Gasteiger partial charge in [0.1, 0.15) is 5.60 Å². The Morgan fingerprint density at radius 2 is 2.13 bits per heavy atom. The molecule has 1 saturated heterocycles. The molecule has 0 aromatic heterocycles. The van der Waals surface area contributed by atoms with Crippen molar-refractivity contribution < 1.29 is 9.84 Å². The lowest BCUT2D eigenvalue weighted by molar-refractivity contribution is 0.0578. The predicted octanol–water partition coefficient (Wildman–Crippen LogP) is 2.89. The van der Waals surface area contributed by atoms with Crippen molar-refractivity contribution in [1.29, 1.82) is 0 Å². The van der Waals surface area contributed by atoms with Gasteiger partial charge in [-0.15, -0.1) is 0 Å². The molecule has 1 aliphatic carbocycles. The van der Waals surface area contributed by atoms with Gasteiger partial charge in [0.25, 0.3) is 0 Å². The van der Waals surface area contributed by atoms with Crippen LogP contribution >= 0.6 is 0 Å². The summed E-state index contributed by atoms with van der Waals surface area (Å²) in [5.74, 6) is 0.747. The molecular weight excluding hydrogens is 188 g/mol. The zero-order valence-electron chi connectivity index (χ0n) is 10.0. The number of hydrogen-bond acceptors (Lipinski definition) is 2. The average Bonchev–Trinajstić information content (AvgIpc) is 2.92. The van der Waals surface area contributed by atoms with Gasteiger partial charge in [-0.05, 0) is 25.2 Å². The molecule has 88 valence electrons. The Labute approximate surface area is 93.0 Å². The Morgan fingerprint density at radius 1 is 1.33 bits per heavy atom. The Morgan fingerprint density at radius 3 is 2.80 bits per heavy atom. The first-order chi connectivity index (χ1) is 7.15. The predicted molar refractivity (Wildman–Crippen MR) is 60.8 cm³/mol. The van der Waals surface area contributed by atoms with Gasteiger partial charge in [-0.3, -0.25) is 0 Å². The molecular formula is C13H24O2. The standard InChI is InChI=1S/C13H24O2/c1-10(2)6-5-7-11(14)13-9-4-3-8-12(13)15-13/h10-12,14H,3-9H2,1-2H3/t11?,12-,13-/m0/s1. The third-order valence-corrected chi connectivity index (χ3v) is 3.96. The minimum Gasteiger partial charge on any atom is -0.390 e. The summed E-state index contributed by atoms with van der Waals surface area (Å²) in [6, 6.07) is 0. The quantitative estimate of drug-likeness (QED) is 0.711. The van der Waals surface area contributed by atoms with Crippen LogP contribution in [0.25, 0.3) is 0 Å². The van der Waals surface area contributed by atoms with E-state index in [2.05, 4.69) is 13.8 Å². The lowest BCUT2D eigenvalue weighted by atomic mass is 9.83. The summed E-state index contributed by atoms with van der Waals surface area (Å²) >= 11 is 0. The van der Waals surface area contributed by atoms with Gasteiger partial charge in [0.15, 0.2) is 0 Å². The Hall–Kier alpha value is -0.0800. The smallest absolute Gasteiger partial charge is 0.120 e. The SMILES string of the molecule is CC(C)CCCC(O)[C@@]12CCCC[C@@H]1O2. The highest BCUT2D eigenvalue weighted by atomic mass is 16.6. The summed E-state index contributed by atoms with van der Waals surface area (Å²) in [7, 11) is 0. The van der Waals surface area contributed by atoms with E-state index in [1.807, 2.05) is 0 Å². The van der Waals surface area contributed by atoms with Crippen LogP contribution in [0.15, 0.2) is 0 Å². The normalized spacial score (nSPS) is 36.4. The minimum absolute atomic E-state index is 0.102. The molecule has 15 heavy (non-hydrogen) atoms. The highest BCUT2D eigenvalue weighted by Gasteiger charge is 2.61. The van der Waals surface area contributed by atoms with Gasteiger partial charge < -0.3 is 9.84 Å². The van der Waals surface area contributed by atoms with E-state index in [-0.39, 0.29) is 11.7 Å². The monoisotopic (exact) mass is 212 g/mol. The van der Waals surface area contributed by atoms with Crippen molar-refractivity contribution in [2.75, 3.05) is 0 Å². The fourth-order valence-electron chi connectivity index (χ4n) is 2.91. The van der Waals surface area contributed by atoms with Gasteiger partial charge in [0.2, 0.25) is 0 Å². The first kappa shape index (κ1) is 11.4. The number of epoxide rings is 1. The van der Waals surface area contributed by atoms with Gasteiger partial charge in [-0.25, -0.2) is 0 Å². The number of ether oxygens (including phenoxy) is 1. The summed E-state index contributed by atoms with van der Waals surface area (Å²) < 4.78 is 5.73. The van der Waals surface area contributed by atoms with Crippen LogP contribution in [0.2, 0.25) is 0 Å². The molecule has 1 heterocycles. The molecule has 2 nitrogen and oxygen atoms in total. The minimum atomic E-state index is -0.207. The fourth-order valence-corrected chi connectivity index (χ4v) is 2.91. The summed E-state index contributed by atoms with van der Waals surface area (Å²) in [6.07, 6.45) is 8.23. The van der Waals surface area contributed by atoms with Crippen molar-refractivity contribution in [3.8, 4) is 0 Å². The second-order valence-corrected chi connectivity index (χ2v) is 5.65. The van der Waals surface area contributed by atoms with Crippen LogP contribution in [0.3, 0.4) is 0 Å². The van der Waals surface area contributed by atoms with E-state index < -0.39 is 0 Å². The topological polar surface area (TPSA) is 32.8 Å². The van der Waals surface area contributed by atoms with Gasteiger partial charge in [0, 0.05) is 0 Å². The Balaban J connectivity index is 1.74. The molecule has 0 bridgehead atoms. The van der Waals surface area contributed by atoms with E-state index >= 15 is 0 Å². The first-order valence-corrected chi connectivity index (χ1v) is 6.51. The first-order valence-electron chi connectivity index (χ1n) is 6.51. The van der Waals surface area contributed by atoms with Crippen molar-refractivity contribution in [2.45, 2.75) is 76.6 Å². The van der Waals surface area contributed by atoms with Crippen LogP contribution in [0.5, 0.6) is 0 Å². The molecule has 2 fully saturated rings. The molecule has 0 radical (unpaired) electrons. The summed E-state index contributed by atoms with van der Waals surface area (Å²) in [4.78, 5) is 0. The van der Waals surface area contributed by atoms with E-state index in [0.717, 1.165) is 25.2 Å². The van der Waals surface area contributed by atoms with E-state index in [1.165, 1.54) is 25.7 Å². The molecule has 1 saturated carbocycles. The van der Waals surface area contributed by atoms with Crippen molar-refractivity contribution in [3.63, 3.8) is 0 Å². The molecule has 0 spiro atoms. The van der Waals surface area contributed by atoms with E-state index in [9.17, 15) is 5.11 Å². The molecule has 3 atom stereocenters. The molecule has 0 aromatic carbocycles. The summed E-state index contributed by atoms with van der Waals surface area (Å²) in [5, 5.41) is 10.2. The zero-order chi connectivity index (χ0) is 10.9. The number of aliphatic hydroxyl groups excluding tert-OH is 1. The van der Waals surface area contributed by atoms with Crippen LogP contribution < -0.4 is 0 Å². The zero-order valence-corrected chi connectivity index (χ0v) is 10.0. The maximum atomic E-state index is 10.2. The largest absolute Gasteiger partial charge is 0.390 e. The van der Waals surface area contributed by atoms with Crippen LogP contribution in [0.4, 0.5) is 0 Å². The molecule has 1 aliphatic heterocycles. The molecule has 2 heteroatoms. The fraction of sp³-hybridized carbons (Fsp3) is 1.00. The number of rotatable bonds is 5. The molecule has 1 unspecified atom stereocenters. The van der Waals surface area contributed by atoms with Crippen molar-refractivity contribution in [1.82, 2.24) is 0 Å². The van der Waals surface area contributed by atoms with Gasteiger partial charge in [0.05, 0.1) is 12.2 Å². The second-order valence-electron chi connectivity index (χ2n) is 5.65. The average molecular weight is 212 g/mol. The van der Waals surface area contributed by atoms with Crippen molar-refractivity contribution in [3.05, 3.63) is 0 Å². The van der Waals surface area contributed by atoms with E-state index in [1.54, 1.807) is 0 Å². The molecule has 0 amide bonds. The van der Waals surface area contributed by atoms with Crippen molar-refractivity contribution >= 4 is 0 Å². The number of fused-ring (bicyclic) bond motifs is 1. The lowest BCUT2D eigenvalue weighted by Gasteiger charge is -2.23. The number of aliphatic hydroxyl groups is 1. The Bertz CT molecular complexity index is 215. The summed E-state index contributed by atoms with van der Waals surface area (Å²) in [5.41, 5.74) is -0.102. The van der Waals surface area contributed by atoms with Crippen molar-refractivity contribution in [2.24, 2.45) is 5.92 Å². The maximum Gasteiger partial charge on any atom is 0.120 e. The third kappa shape index (κ3) is 2.36. The van der Waals surface area contributed by atoms with E-state index in [4.69, 9.17) is 4.74 Å². The third-order valence-electron chi connectivity index (χ3n) is 3.96. The van der Waals surface area contributed by atoms with Crippen LogP contribution in [0.1, 0.15) is 58.8 Å². The highest BCUT2D eigenvalue weighted by molar-refractivity contribution is 5.09. The van der Waals surface area contributed by atoms with Gasteiger partial charge in [-0.2, -0.15) is 0 Å². The molecule has 1 N–H and O–H groups in total. The molecule has 2 rings (SSSR count). The molecule has 2 aliphatic rings. The summed E-state index contributed by atoms with van der Waals surface area (Å²) in [6.45, 7) is 4.48. The van der Waals surface area contributed by atoms with E-state index in [0.29, 0.717) is 6.10 Å². The van der Waals surface area contributed by atoms with Crippen LogP contribution in [0, 0.1) is 5.92 Å². The van der Waals surface area contributed by atoms with Gasteiger partial charge in [-0.1, -0.05) is 39.5 Å². The van der Waals surface area contributed by atoms with Gasteiger partial charge >= 0.3 is 0 Å². The maximum absolute atomic E-state index is 10.2. The second kappa shape index (κ2) is 4.42. The molecule has 0 aromatic rings. The number of hydrogen-bond donors (Lipinski definition) is 1. The lowest BCUT2D eigenvalue weighted by Crippen LogP contribution is -2.34.